The molecule has 1 saturated heterocycles. The van der Waals surface area contributed by atoms with Gasteiger partial charge in [-0.2, -0.15) is 13.2 Å². The first-order valence-corrected chi connectivity index (χ1v) is 10.3. The third kappa shape index (κ3) is 5.24. The van der Waals surface area contributed by atoms with Crippen molar-refractivity contribution in [3.05, 3.63) is 59.9 Å². The second kappa shape index (κ2) is 9.08. The van der Waals surface area contributed by atoms with Gasteiger partial charge < -0.3 is 15.1 Å². The van der Waals surface area contributed by atoms with Crippen LogP contribution in [0.2, 0.25) is 0 Å². The Kier molecular flexibility index (Phi) is 6.21. The van der Waals surface area contributed by atoms with Crippen molar-refractivity contribution in [2.75, 3.05) is 36.4 Å². The molecule has 11 heteroatoms. The van der Waals surface area contributed by atoms with E-state index in [2.05, 4.69) is 20.5 Å². The van der Waals surface area contributed by atoms with Gasteiger partial charge in [-0.3, -0.25) is 14.9 Å². The van der Waals surface area contributed by atoms with Crippen LogP contribution in [0, 0.1) is 5.82 Å². The van der Waals surface area contributed by atoms with Gasteiger partial charge in [-0.25, -0.2) is 9.38 Å². The predicted molar refractivity (Wildman–Crippen MR) is 114 cm³/mol. The number of amides is 2. The van der Waals surface area contributed by atoms with Crippen molar-refractivity contribution in [2.24, 2.45) is 4.99 Å². The Labute approximate surface area is 187 Å². The molecule has 7 nitrogen and oxygen atoms in total. The first-order valence-electron chi connectivity index (χ1n) is 10.3. The van der Waals surface area contributed by atoms with Gasteiger partial charge >= 0.3 is 6.18 Å². The molecular formula is C22H21F4N5O2. The number of alkyl halides is 3. The average molecular weight is 463 g/mol. The number of aliphatic imine (C=N–C) groups is 1. The lowest BCUT2D eigenvalue weighted by atomic mass is 10.1. The van der Waals surface area contributed by atoms with Crippen LogP contribution in [0.1, 0.15) is 12.0 Å². The van der Waals surface area contributed by atoms with Crippen LogP contribution < -0.4 is 15.5 Å². The molecule has 174 valence electrons. The summed E-state index contributed by atoms with van der Waals surface area (Å²) in [6.45, 7) is 2.14. The van der Waals surface area contributed by atoms with Crippen LogP contribution in [0.3, 0.4) is 0 Å². The maximum atomic E-state index is 13.2. The highest BCUT2D eigenvalue weighted by Crippen LogP contribution is 2.34. The smallest absolute Gasteiger partial charge is 0.368 e. The van der Waals surface area contributed by atoms with E-state index >= 15 is 0 Å². The van der Waals surface area contributed by atoms with E-state index in [-0.39, 0.29) is 23.9 Å². The molecule has 0 radical (unpaired) electrons. The number of guanidine groups is 1. The van der Waals surface area contributed by atoms with Gasteiger partial charge in [0.05, 0.1) is 17.7 Å². The summed E-state index contributed by atoms with van der Waals surface area (Å²) in [5, 5.41) is 4.90. The number of halogens is 4. The zero-order chi connectivity index (χ0) is 23.6. The summed E-state index contributed by atoms with van der Waals surface area (Å²) in [6.07, 6.45) is -4.90. The minimum absolute atomic E-state index is 0.217. The first-order chi connectivity index (χ1) is 15.7. The number of anilines is 2. The molecule has 2 aliphatic heterocycles. The number of nitrogens with one attached hydrogen (secondary N) is 2. The Bertz CT molecular complexity index is 1060. The van der Waals surface area contributed by atoms with Crippen molar-refractivity contribution in [1.29, 1.82) is 0 Å². The molecule has 0 bridgehead atoms. The van der Waals surface area contributed by atoms with E-state index in [9.17, 15) is 27.2 Å². The molecule has 0 spiro atoms. The monoisotopic (exact) mass is 463 g/mol. The molecule has 2 aliphatic rings. The maximum Gasteiger partial charge on any atom is 0.418 e. The van der Waals surface area contributed by atoms with Crippen LogP contribution in [-0.2, 0) is 15.8 Å². The number of hydrogen-bond acceptors (Lipinski definition) is 5. The number of rotatable bonds is 3. The molecule has 2 heterocycles. The van der Waals surface area contributed by atoms with Gasteiger partial charge in [0.1, 0.15) is 11.9 Å². The van der Waals surface area contributed by atoms with Crippen molar-refractivity contribution in [3.8, 4) is 0 Å². The molecule has 2 aromatic carbocycles. The third-order valence-corrected chi connectivity index (χ3v) is 5.47. The molecule has 1 atom stereocenters. The summed E-state index contributed by atoms with van der Waals surface area (Å²) in [5.41, 5.74) is -0.489. The number of carbonyl (C=O) groups is 2. The molecule has 2 N–H and O–H groups in total. The highest BCUT2D eigenvalue weighted by Gasteiger charge is 2.35. The fraction of sp³-hybridized carbons (Fsp3) is 0.318. The number of benzene rings is 2. The molecule has 1 fully saturated rings. The van der Waals surface area contributed by atoms with Gasteiger partial charge in [0.15, 0.2) is 0 Å². The summed E-state index contributed by atoms with van der Waals surface area (Å²) in [4.78, 5) is 33.0. The Morgan fingerprint density at radius 3 is 2.30 bits per heavy atom. The van der Waals surface area contributed by atoms with E-state index in [1.807, 2.05) is 0 Å². The molecule has 0 aromatic heterocycles. The van der Waals surface area contributed by atoms with Crippen LogP contribution in [0.4, 0.5) is 28.9 Å². The van der Waals surface area contributed by atoms with Gasteiger partial charge in [0.2, 0.25) is 17.8 Å². The van der Waals surface area contributed by atoms with E-state index in [0.29, 0.717) is 26.2 Å². The predicted octanol–water partition coefficient (Wildman–Crippen LogP) is 2.85. The summed E-state index contributed by atoms with van der Waals surface area (Å²) in [6, 6.07) is 9.63. The number of carbonyl (C=O) groups excluding carboxylic acids is 2. The second-order valence-corrected chi connectivity index (χ2v) is 7.70. The summed E-state index contributed by atoms with van der Waals surface area (Å²) in [7, 11) is 0. The van der Waals surface area contributed by atoms with E-state index in [4.69, 9.17) is 0 Å². The summed E-state index contributed by atoms with van der Waals surface area (Å²) >= 11 is 0. The number of nitrogens with zero attached hydrogens (tertiary/aromatic N) is 3. The molecule has 4 rings (SSSR count). The lowest BCUT2D eigenvalue weighted by molar-refractivity contribution is -0.137. The summed E-state index contributed by atoms with van der Waals surface area (Å²) < 4.78 is 52.8. The molecule has 0 aliphatic carbocycles. The zero-order valence-corrected chi connectivity index (χ0v) is 17.4. The van der Waals surface area contributed by atoms with Crippen molar-refractivity contribution >= 4 is 29.1 Å². The van der Waals surface area contributed by atoms with E-state index < -0.39 is 29.6 Å². The average Bonchev–Trinajstić information content (AvgIpc) is 2.79. The van der Waals surface area contributed by atoms with Crippen molar-refractivity contribution in [3.63, 3.8) is 0 Å². The van der Waals surface area contributed by atoms with Gasteiger partial charge in [0.25, 0.3) is 0 Å². The van der Waals surface area contributed by atoms with Crippen molar-refractivity contribution in [1.82, 2.24) is 10.2 Å². The quantitative estimate of drug-likeness (QED) is 0.687. The molecular weight excluding hydrogens is 442 g/mol. The van der Waals surface area contributed by atoms with Crippen LogP contribution in [0.25, 0.3) is 0 Å². The lowest BCUT2D eigenvalue weighted by Gasteiger charge is -2.38. The third-order valence-electron chi connectivity index (χ3n) is 5.47. The number of piperazine rings is 1. The van der Waals surface area contributed by atoms with E-state index in [0.717, 1.165) is 17.8 Å². The highest BCUT2D eigenvalue weighted by atomic mass is 19.4. The van der Waals surface area contributed by atoms with Gasteiger partial charge in [0, 0.05) is 31.9 Å². The Morgan fingerprint density at radius 1 is 1.00 bits per heavy atom. The fourth-order valence-corrected chi connectivity index (χ4v) is 3.77. The van der Waals surface area contributed by atoms with Gasteiger partial charge in [-0.1, -0.05) is 12.1 Å². The zero-order valence-electron chi connectivity index (χ0n) is 17.4. The Balaban J connectivity index is 1.44. The van der Waals surface area contributed by atoms with Crippen LogP contribution in [0.5, 0.6) is 0 Å². The molecule has 2 aromatic rings. The van der Waals surface area contributed by atoms with Crippen molar-refractivity contribution < 1.29 is 27.2 Å². The molecule has 2 amide bonds. The number of para-hydroxylation sites is 1. The minimum atomic E-state index is -4.63. The fourth-order valence-electron chi connectivity index (χ4n) is 3.77. The highest BCUT2D eigenvalue weighted by molar-refractivity contribution is 6.06. The van der Waals surface area contributed by atoms with Gasteiger partial charge in [-0.05, 0) is 36.4 Å². The Morgan fingerprint density at radius 2 is 1.64 bits per heavy atom. The lowest BCUT2D eigenvalue weighted by Crippen LogP contribution is -2.56. The van der Waals surface area contributed by atoms with Crippen molar-refractivity contribution in [2.45, 2.75) is 18.6 Å². The molecule has 0 saturated carbocycles. The van der Waals surface area contributed by atoms with E-state index in [1.165, 1.54) is 24.3 Å². The topological polar surface area (TPSA) is 77.0 Å². The Hall–Kier alpha value is -3.63. The first kappa shape index (κ1) is 22.6. The van der Waals surface area contributed by atoms with Crippen LogP contribution in [0.15, 0.2) is 53.5 Å². The largest absolute Gasteiger partial charge is 0.418 e. The molecule has 1 unspecified atom stereocenters. The van der Waals surface area contributed by atoms with Crippen LogP contribution >= 0.6 is 0 Å². The SMILES string of the molecule is O=C1CC(C(=O)Nc2ccccc2C(F)(F)F)N=C(N2CCN(c3ccc(F)cc3)CC2)N1. The maximum absolute atomic E-state index is 13.2. The standard InChI is InChI=1S/C22H21F4N5O2/c23-14-5-7-15(8-6-14)30-9-11-31(12-10-30)21-28-18(13-19(32)29-21)20(33)27-17-4-2-1-3-16(17)22(24,25)26/h1-8,18H,9-13H2,(H,27,33)(H,28,29,32). The van der Waals surface area contributed by atoms with Gasteiger partial charge in [-0.15, -0.1) is 0 Å². The minimum Gasteiger partial charge on any atom is -0.368 e. The summed E-state index contributed by atoms with van der Waals surface area (Å²) in [5.74, 6) is -1.33. The number of hydrogen-bond donors (Lipinski definition) is 2. The second-order valence-electron chi connectivity index (χ2n) is 7.70. The molecule has 33 heavy (non-hydrogen) atoms. The normalized spacial score (nSPS) is 19.1. The van der Waals surface area contributed by atoms with E-state index in [1.54, 1.807) is 17.0 Å². The van der Waals surface area contributed by atoms with Crippen LogP contribution in [-0.4, -0.2) is 54.9 Å².